The number of likely N-dealkylation sites (tertiary alicyclic amines) is 1. The average Bonchev–Trinajstić information content (AvgIpc) is 3.24. The number of carbonyl (C=O) groups is 2. The van der Waals surface area contributed by atoms with E-state index in [1.807, 2.05) is 4.90 Å². The van der Waals surface area contributed by atoms with Crippen molar-refractivity contribution in [3.8, 4) is 0 Å². The van der Waals surface area contributed by atoms with Gasteiger partial charge in [0.2, 0.25) is 0 Å². The van der Waals surface area contributed by atoms with E-state index < -0.39 is 5.82 Å². The molecule has 6 nitrogen and oxygen atoms in total. The number of carbonyl (C=O) groups excluding carboxylic acids is 1. The third-order valence-electron chi connectivity index (χ3n) is 5.81. The molecule has 4 rings (SSSR count). The Balaban J connectivity index is 0.000000659. The Morgan fingerprint density at radius 1 is 1.52 bits per heavy atom. The molecule has 0 unspecified atom stereocenters. The molecule has 3 aliphatic heterocycles. The maximum absolute atomic E-state index is 13.2. The number of fused-ring (bicyclic) bond motifs is 1. The number of hydrogen-bond acceptors (Lipinski definition) is 4. The molecule has 148 valence electrons. The van der Waals surface area contributed by atoms with Crippen molar-refractivity contribution in [3.63, 3.8) is 0 Å². The predicted molar refractivity (Wildman–Crippen MR) is 98.4 cm³/mol. The molecule has 1 amide bonds. The number of rotatable bonds is 3. The van der Waals surface area contributed by atoms with Crippen LogP contribution in [0.3, 0.4) is 0 Å². The first-order valence-electron chi connectivity index (χ1n) is 8.96. The van der Waals surface area contributed by atoms with Gasteiger partial charge in [0, 0.05) is 24.9 Å². The van der Waals surface area contributed by atoms with E-state index in [0.717, 1.165) is 19.4 Å². The second-order valence-corrected chi connectivity index (χ2v) is 8.11. The van der Waals surface area contributed by atoms with E-state index in [1.165, 1.54) is 18.2 Å². The Kier molecular flexibility index (Phi) is 5.74. The van der Waals surface area contributed by atoms with E-state index in [9.17, 15) is 9.18 Å². The van der Waals surface area contributed by atoms with Crippen LogP contribution in [0.4, 0.5) is 4.39 Å². The van der Waals surface area contributed by atoms with Gasteiger partial charge in [0.05, 0.1) is 28.8 Å². The van der Waals surface area contributed by atoms with Crippen molar-refractivity contribution >= 4 is 24.0 Å². The zero-order valence-corrected chi connectivity index (χ0v) is 16.2. The van der Waals surface area contributed by atoms with Crippen LogP contribution in [0.5, 0.6) is 0 Å². The molecule has 1 spiro atoms. The lowest BCUT2D eigenvalue weighted by atomic mass is 9.73. The average molecular weight is 399 g/mol. The summed E-state index contributed by atoms with van der Waals surface area (Å²) < 4.78 is 19.6. The summed E-state index contributed by atoms with van der Waals surface area (Å²) in [7, 11) is 4.16. The molecule has 3 saturated heterocycles. The van der Waals surface area contributed by atoms with Gasteiger partial charge in [-0.1, -0.05) is 11.6 Å². The van der Waals surface area contributed by atoms with Gasteiger partial charge >= 0.3 is 0 Å². The van der Waals surface area contributed by atoms with Gasteiger partial charge in [-0.25, -0.2) is 4.39 Å². The zero-order chi connectivity index (χ0) is 19.8. The molecule has 0 aromatic heterocycles. The lowest BCUT2D eigenvalue weighted by molar-refractivity contribution is -0.122. The van der Waals surface area contributed by atoms with Crippen molar-refractivity contribution in [2.75, 3.05) is 33.7 Å². The summed E-state index contributed by atoms with van der Waals surface area (Å²) >= 11 is 6.07. The molecular formula is C19H24ClFN2O4. The van der Waals surface area contributed by atoms with E-state index in [1.54, 1.807) is 0 Å². The zero-order valence-electron chi connectivity index (χ0n) is 15.4. The molecule has 1 N–H and O–H groups in total. The first-order valence-corrected chi connectivity index (χ1v) is 9.34. The van der Waals surface area contributed by atoms with Crippen LogP contribution in [0, 0.1) is 17.7 Å². The number of ether oxygens (including phenoxy) is 1. The first kappa shape index (κ1) is 20.0. The SMILES string of the molecule is CN(C)C[C@H]1[C@H]2CN(C(=O)c3ccc(F)cc3Cl)C[C@]23CC[C@H]1O3.O=CO. The molecule has 3 aliphatic rings. The summed E-state index contributed by atoms with van der Waals surface area (Å²) in [5.74, 6) is 0.290. The predicted octanol–water partition coefficient (Wildman–Crippen LogP) is 2.36. The van der Waals surface area contributed by atoms with E-state index in [4.69, 9.17) is 26.2 Å². The second kappa shape index (κ2) is 7.73. The fourth-order valence-corrected chi connectivity index (χ4v) is 5.09. The lowest BCUT2D eigenvalue weighted by Gasteiger charge is -2.30. The number of hydrogen-bond donors (Lipinski definition) is 1. The molecule has 0 saturated carbocycles. The Morgan fingerprint density at radius 3 is 2.85 bits per heavy atom. The van der Waals surface area contributed by atoms with E-state index in [2.05, 4.69) is 19.0 Å². The third-order valence-corrected chi connectivity index (χ3v) is 6.12. The molecule has 3 heterocycles. The van der Waals surface area contributed by atoms with E-state index in [0.29, 0.717) is 36.6 Å². The summed E-state index contributed by atoms with van der Waals surface area (Å²) in [6, 6.07) is 3.95. The van der Waals surface area contributed by atoms with Crippen molar-refractivity contribution in [2.24, 2.45) is 11.8 Å². The maximum atomic E-state index is 13.2. The van der Waals surface area contributed by atoms with Crippen LogP contribution in [0.1, 0.15) is 23.2 Å². The second-order valence-electron chi connectivity index (χ2n) is 7.71. The van der Waals surface area contributed by atoms with Crippen molar-refractivity contribution in [1.82, 2.24) is 9.80 Å². The van der Waals surface area contributed by atoms with Gasteiger partial charge in [0.25, 0.3) is 12.4 Å². The van der Waals surface area contributed by atoms with Crippen LogP contribution in [0.15, 0.2) is 18.2 Å². The highest BCUT2D eigenvalue weighted by Crippen LogP contribution is 2.55. The first-order chi connectivity index (χ1) is 12.8. The number of nitrogens with zero attached hydrogens (tertiary/aromatic N) is 2. The Bertz CT molecular complexity index is 732. The van der Waals surface area contributed by atoms with Crippen LogP contribution in [-0.2, 0) is 9.53 Å². The standard InChI is InChI=1S/C18H22ClFN2O2.CH2O2/c1-21(2)8-13-14-9-22(10-18(14)6-5-16(13)24-18)17(23)12-4-3-11(20)7-15(12)19;2-1-3/h3-4,7,13-14,16H,5-6,8-10H2,1-2H3;1H,(H,2,3)/t13-,14+,16+,18+;/m0./s1. The van der Waals surface area contributed by atoms with Gasteiger partial charge in [-0.05, 0) is 45.1 Å². The van der Waals surface area contributed by atoms with Gasteiger partial charge in [0.15, 0.2) is 0 Å². The molecule has 1 aromatic rings. The maximum Gasteiger partial charge on any atom is 0.290 e. The fourth-order valence-electron chi connectivity index (χ4n) is 4.84. The minimum atomic E-state index is -0.429. The van der Waals surface area contributed by atoms with Gasteiger partial charge in [-0.3, -0.25) is 9.59 Å². The van der Waals surface area contributed by atoms with Gasteiger partial charge < -0.3 is 19.6 Å². The minimum Gasteiger partial charge on any atom is -0.483 e. The summed E-state index contributed by atoms with van der Waals surface area (Å²) in [5, 5.41) is 7.06. The van der Waals surface area contributed by atoms with Crippen molar-refractivity contribution in [2.45, 2.75) is 24.5 Å². The van der Waals surface area contributed by atoms with Crippen molar-refractivity contribution in [3.05, 3.63) is 34.6 Å². The Hall–Kier alpha value is -1.70. The number of halogens is 2. The smallest absolute Gasteiger partial charge is 0.290 e. The van der Waals surface area contributed by atoms with Crippen LogP contribution >= 0.6 is 11.6 Å². The summed E-state index contributed by atoms with van der Waals surface area (Å²) in [5.41, 5.74) is 0.182. The number of benzene rings is 1. The summed E-state index contributed by atoms with van der Waals surface area (Å²) in [6.45, 7) is 2.04. The summed E-state index contributed by atoms with van der Waals surface area (Å²) in [6.07, 6.45) is 2.42. The monoisotopic (exact) mass is 398 g/mol. The number of carboxylic acid groups (broad SMARTS) is 1. The third kappa shape index (κ3) is 3.68. The molecule has 4 atom stereocenters. The highest BCUT2D eigenvalue weighted by molar-refractivity contribution is 6.33. The Labute approximate surface area is 162 Å². The van der Waals surface area contributed by atoms with Gasteiger partial charge in [-0.15, -0.1) is 0 Å². The Morgan fingerprint density at radius 2 is 2.22 bits per heavy atom. The van der Waals surface area contributed by atoms with Crippen molar-refractivity contribution in [1.29, 1.82) is 0 Å². The van der Waals surface area contributed by atoms with Gasteiger partial charge in [-0.2, -0.15) is 0 Å². The minimum absolute atomic E-state index is 0.126. The quantitative estimate of drug-likeness (QED) is 0.791. The highest BCUT2D eigenvalue weighted by Gasteiger charge is 2.63. The normalized spacial score (nSPS) is 30.9. The largest absolute Gasteiger partial charge is 0.483 e. The molecule has 0 aliphatic carbocycles. The number of amides is 1. The molecule has 2 bridgehead atoms. The molecule has 1 aromatic carbocycles. The molecule has 27 heavy (non-hydrogen) atoms. The van der Waals surface area contributed by atoms with Crippen LogP contribution in [0.2, 0.25) is 5.02 Å². The van der Waals surface area contributed by atoms with Crippen LogP contribution < -0.4 is 0 Å². The van der Waals surface area contributed by atoms with E-state index >= 15 is 0 Å². The van der Waals surface area contributed by atoms with Crippen molar-refractivity contribution < 1.29 is 23.8 Å². The van der Waals surface area contributed by atoms with E-state index in [-0.39, 0.29) is 23.0 Å². The fraction of sp³-hybridized carbons (Fsp3) is 0.579. The molecule has 3 fully saturated rings. The molecule has 0 radical (unpaired) electrons. The summed E-state index contributed by atoms with van der Waals surface area (Å²) in [4.78, 5) is 25.3. The van der Waals surface area contributed by atoms with Gasteiger partial charge in [0.1, 0.15) is 5.82 Å². The topological polar surface area (TPSA) is 70.1 Å². The van der Waals surface area contributed by atoms with Crippen LogP contribution in [0.25, 0.3) is 0 Å². The van der Waals surface area contributed by atoms with Crippen LogP contribution in [-0.4, -0.2) is 72.7 Å². The molecule has 8 heteroatoms. The molecular weight excluding hydrogens is 375 g/mol. The lowest BCUT2D eigenvalue weighted by Crippen LogP contribution is -2.40. The highest BCUT2D eigenvalue weighted by atomic mass is 35.5.